The third-order valence-corrected chi connectivity index (χ3v) is 5.92. The first-order valence-corrected chi connectivity index (χ1v) is 9.56. The van der Waals surface area contributed by atoms with E-state index in [0.29, 0.717) is 6.54 Å². The van der Waals surface area contributed by atoms with Gasteiger partial charge in [0.05, 0.1) is 17.9 Å². The van der Waals surface area contributed by atoms with Crippen molar-refractivity contribution in [3.05, 3.63) is 38.8 Å². The van der Waals surface area contributed by atoms with Gasteiger partial charge in [0.1, 0.15) is 0 Å². The molecule has 0 aromatic carbocycles. The Morgan fingerprint density at radius 3 is 2.75 bits per heavy atom. The van der Waals surface area contributed by atoms with Gasteiger partial charge in [-0.05, 0) is 31.7 Å². The van der Waals surface area contributed by atoms with Crippen LogP contribution in [0.2, 0.25) is 0 Å². The number of anilines is 1. The molecule has 1 fully saturated rings. The Morgan fingerprint density at radius 1 is 1.17 bits per heavy atom. The lowest BCUT2D eigenvalue weighted by Gasteiger charge is -2.34. The summed E-state index contributed by atoms with van der Waals surface area (Å²) in [6.07, 6.45) is 3.15. The molecule has 1 saturated heterocycles. The van der Waals surface area contributed by atoms with E-state index >= 15 is 0 Å². The highest BCUT2D eigenvalue weighted by Crippen LogP contribution is 2.21. The van der Waals surface area contributed by atoms with Crippen LogP contribution in [0.5, 0.6) is 0 Å². The van der Waals surface area contributed by atoms with Crippen molar-refractivity contribution in [1.82, 2.24) is 19.7 Å². The fourth-order valence-corrected chi connectivity index (χ4v) is 4.34. The van der Waals surface area contributed by atoms with E-state index in [4.69, 9.17) is 0 Å². The Morgan fingerprint density at radius 2 is 2.00 bits per heavy atom. The molecule has 0 radical (unpaired) electrons. The van der Waals surface area contributed by atoms with Crippen molar-refractivity contribution >= 4 is 16.5 Å². The minimum Gasteiger partial charge on any atom is -0.346 e. The summed E-state index contributed by atoms with van der Waals surface area (Å²) in [7, 11) is 0. The van der Waals surface area contributed by atoms with Crippen LogP contribution in [-0.2, 0) is 19.4 Å². The number of fused-ring (bicyclic) bond motifs is 1. The van der Waals surface area contributed by atoms with E-state index in [2.05, 4.69) is 25.3 Å². The number of aromatic nitrogens is 3. The average Bonchev–Trinajstić information content (AvgIpc) is 3.21. The van der Waals surface area contributed by atoms with Gasteiger partial charge in [-0.25, -0.2) is 9.67 Å². The fraction of sp³-hybridized carbons (Fsp3) is 0.588. The fourth-order valence-electron chi connectivity index (χ4n) is 3.49. The minimum absolute atomic E-state index is 0.0487. The second-order valence-corrected chi connectivity index (χ2v) is 7.47. The maximum atomic E-state index is 12.2. The molecule has 0 spiro atoms. The predicted molar refractivity (Wildman–Crippen MR) is 96.0 cm³/mol. The molecule has 2 aromatic heterocycles. The monoisotopic (exact) mass is 345 g/mol. The summed E-state index contributed by atoms with van der Waals surface area (Å²) in [5.74, 6) is 0. The number of nitrogens with zero attached hydrogens (tertiary/aromatic N) is 5. The van der Waals surface area contributed by atoms with Gasteiger partial charge in [0.2, 0.25) is 0 Å². The van der Waals surface area contributed by atoms with E-state index in [1.165, 1.54) is 0 Å². The van der Waals surface area contributed by atoms with Gasteiger partial charge < -0.3 is 4.90 Å². The molecule has 1 aliphatic heterocycles. The van der Waals surface area contributed by atoms with E-state index in [1.54, 1.807) is 22.1 Å². The lowest BCUT2D eigenvalue weighted by atomic mass is 10.2. The van der Waals surface area contributed by atoms with E-state index in [9.17, 15) is 4.79 Å². The molecule has 2 aromatic rings. The molecular weight excluding hydrogens is 322 g/mol. The Balaban J connectivity index is 1.32. The average molecular weight is 345 g/mol. The number of piperazine rings is 1. The van der Waals surface area contributed by atoms with Crippen molar-refractivity contribution in [2.75, 3.05) is 37.6 Å². The van der Waals surface area contributed by atoms with Crippen LogP contribution in [0, 0.1) is 6.92 Å². The molecule has 7 heteroatoms. The van der Waals surface area contributed by atoms with E-state index in [0.717, 1.165) is 74.1 Å². The minimum atomic E-state index is 0.0487. The highest BCUT2D eigenvalue weighted by Gasteiger charge is 2.20. The zero-order chi connectivity index (χ0) is 16.5. The molecule has 3 heterocycles. The van der Waals surface area contributed by atoms with Crippen molar-refractivity contribution in [2.24, 2.45) is 0 Å². The molecule has 2 aliphatic rings. The molecule has 1 aliphatic carbocycles. The molecule has 0 unspecified atom stereocenters. The first-order chi connectivity index (χ1) is 11.7. The Kier molecular flexibility index (Phi) is 4.37. The summed E-state index contributed by atoms with van der Waals surface area (Å²) in [4.78, 5) is 21.5. The lowest BCUT2D eigenvalue weighted by molar-refractivity contribution is 0.242. The quantitative estimate of drug-likeness (QED) is 0.836. The van der Waals surface area contributed by atoms with E-state index in [-0.39, 0.29) is 5.56 Å². The van der Waals surface area contributed by atoms with Crippen LogP contribution in [0.25, 0.3) is 0 Å². The second-order valence-electron chi connectivity index (χ2n) is 6.63. The Hall–Kier alpha value is -1.73. The molecule has 0 bridgehead atoms. The second kappa shape index (κ2) is 6.64. The van der Waals surface area contributed by atoms with Crippen molar-refractivity contribution in [3.63, 3.8) is 0 Å². The standard InChI is InChI=1S/C17H23N5OS/c1-13-12-24-17(18-13)21-8-5-20(6-9-21)7-10-22-16(23)11-14-3-2-4-15(14)19-22/h11-12H,2-10H2,1H3. The molecule has 0 amide bonds. The van der Waals surface area contributed by atoms with Gasteiger partial charge in [-0.15, -0.1) is 11.3 Å². The smallest absolute Gasteiger partial charge is 0.267 e. The van der Waals surface area contributed by atoms with Gasteiger partial charge in [0.15, 0.2) is 5.13 Å². The lowest BCUT2D eigenvalue weighted by Crippen LogP contribution is -2.47. The Labute approximate surface area is 145 Å². The molecule has 4 rings (SSSR count). The topological polar surface area (TPSA) is 54.3 Å². The molecule has 128 valence electrons. The molecule has 0 N–H and O–H groups in total. The maximum absolute atomic E-state index is 12.2. The van der Waals surface area contributed by atoms with E-state index < -0.39 is 0 Å². The SMILES string of the molecule is Cc1csc(N2CCN(CCn3nc4c(cc3=O)CCC4)CC2)n1. The largest absolute Gasteiger partial charge is 0.346 e. The van der Waals surface area contributed by atoms with Gasteiger partial charge >= 0.3 is 0 Å². The summed E-state index contributed by atoms with van der Waals surface area (Å²) < 4.78 is 1.65. The van der Waals surface area contributed by atoms with Crippen LogP contribution in [0.1, 0.15) is 23.4 Å². The van der Waals surface area contributed by atoms with Crippen LogP contribution < -0.4 is 10.5 Å². The van der Waals surface area contributed by atoms with Crippen molar-refractivity contribution in [3.8, 4) is 0 Å². The summed E-state index contributed by atoms with van der Waals surface area (Å²) in [6.45, 7) is 7.63. The number of thiazole rings is 1. The zero-order valence-corrected chi connectivity index (χ0v) is 14.9. The molecule has 0 atom stereocenters. The third-order valence-electron chi connectivity index (χ3n) is 4.90. The summed E-state index contributed by atoms with van der Waals surface area (Å²) >= 11 is 1.72. The molecular formula is C17H23N5OS. The van der Waals surface area contributed by atoms with Gasteiger partial charge in [-0.2, -0.15) is 5.10 Å². The number of hydrogen-bond donors (Lipinski definition) is 0. The number of rotatable bonds is 4. The maximum Gasteiger partial charge on any atom is 0.267 e. The number of hydrogen-bond acceptors (Lipinski definition) is 6. The van der Waals surface area contributed by atoms with Crippen LogP contribution in [0.4, 0.5) is 5.13 Å². The Bertz CT molecular complexity index is 776. The normalized spacial score (nSPS) is 18.1. The molecule has 0 saturated carbocycles. The zero-order valence-electron chi connectivity index (χ0n) is 14.1. The first-order valence-electron chi connectivity index (χ1n) is 8.68. The van der Waals surface area contributed by atoms with Gasteiger partial charge in [0.25, 0.3) is 5.56 Å². The van der Waals surface area contributed by atoms with Crippen LogP contribution in [0.15, 0.2) is 16.2 Å². The molecule has 6 nitrogen and oxygen atoms in total. The van der Waals surface area contributed by atoms with Crippen LogP contribution in [0.3, 0.4) is 0 Å². The van der Waals surface area contributed by atoms with Gasteiger partial charge in [0, 0.05) is 44.2 Å². The molecule has 24 heavy (non-hydrogen) atoms. The van der Waals surface area contributed by atoms with Gasteiger partial charge in [-0.3, -0.25) is 9.69 Å². The highest BCUT2D eigenvalue weighted by atomic mass is 32.1. The van der Waals surface area contributed by atoms with Crippen molar-refractivity contribution < 1.29 is 0 Å². The number of aryl methyl sites for hydroxylation is 3. The van der Waals surface area contributed by atoms with Crippen molar-refractivity contribution in [2.45, 2.75) is 32.7 Å². The van der Waals surface area contributed by atoms with E-state index in [1.807, 2.05) is 6.92 Å². The van der Waals surface area contributed by atoms with Crippen LogP contribution >= 0.6 is 11.3 Å². The summed E-state index contributed by atoms with van der Waals surface area (Å²) in [5, 5.41) is 7.79. The summed E-state index contributed by atoms with van der Waals surface area (Å²) in [5.41, 5.74) is 3.43. The van der Waals surface area contributed by atoms with Gasteiger partial charge in [-0.1, -0.05) is 0 Å². The third kappa shape index (κ3) is 3.23. The highest BCUT2D eigenvalue weighted by molar-refractivity contribution is 7.13. The summed E-state index contributed by atoms with van der Waals surface area (Å²) in [6, 6.07) is 1.79. The first kappa shape index (κ1) is 15.8. The van der Waals surface area contributed by atoms with Crippen molar-refractivity contribution in [1.29, 1.82) is 0 Å². The van der Waals surface area contributed by atoms with Crippen LogP contribution in [-0.4, -0.2) is 52.4 Å². The predicted octanol–water partition coefficient (Wildman–Crippen LogP) is 1.32.